The molecule has 0 radical (unpaired) electrons. The van der Waals surface area contributed by atoms with Gasteiger partial charge in [0.25, 0.3) is 0 Å². The van der Waals surface area contributed by atoms with E-state index in [1.165, 1.54) is 0 Å². The van der Waals surface area contributed by atoms with Gasteiger partial charge >= 0.3 is 0 Å². The van der Waals surface area contributed by atoms with Crippen LogP contribution in [0.15, 0.2) is 18.2 Å². The lowest BCUT2D eigenvalue weighted by molar-refractivity contribution is -0.121. The monoisotopic (exact) mass is 274 g/mol. The van der Waals surface area contributed by atoms with Crippen LogP contribution in [0.2, 0.25) is 10.0 Å². The Morgan fingerprint density at radius 1 is 1.24 bits per heavy atom. The van der Waals surface area contributed by atoms with E-state index in [0.29, 0.717) is 23.0 Å². The Bertz CT molecular complexity index is 374. The van der Waals surface area contributed by atoms with Crippen molar-refractivity contribution in [2.45, 2.75) is 26.3 Å². The van der Waals surface area contributed by atoms with Gasteiger partial charge in [0, 0.05) is 34.7 Å². The van der Waals surface area contributed by atoms with Gasteiger partial charge in [0.15, 0.2) is 0 Å². The number of hydrogen-bond donors (Lipinski definition) is 2. The van der Waals surface area contributed by atoms with Gasteiger partial charge in [0.1, 0.15) is 0 Å². The Labute approximate surface area is 111 Å². The third-order valence-corrected chi connectivity index (χ3v) is 2.43. The number of hydrogen-bond acceptors (Lipinski definition) is 2. The summed E-state index contributed by atoms with van der Waals surface area (Å²) in [5, 5.41) is 7.07. The van der Waals surface area contributed by atoms with Crippen LogP contribution in [0.5, 0.6) is 0 Å². The molecule has 0 aliphatic carbocycles. The Balaban J connectivity index is 2.38. The maximum absolute atomic E-state index is 11.4. The Morgan fingerprint density at radius 2 is 1.82 bits per heavy atom. The molecular weight excluding hydrogens is 259 g/mol. The topological polar surface area (TPSA) is 41.1 Å². The quantitative estimate of drug-likeness (QED) is 0.865. The first-order valence-electron chi connectivity index (χ1n) is 5.46. The Morgan fingerprint density at radius 3 is 2.35 bits per heavy atom. The minimum atomic E-state index is 0.0284. The maximum atomic E-state index is 11.4. The van der Waals surface area contributed by atoms with Crippen molar-refractivity contribution in [3.8, 4) is 0 Å². The molecule has 94 valence electrons. The zero-order valence-electron chi connectivity index (χ0n) is 9.89. The molecule has 0 atom stereocenters. The second kappa shape index (κ2) is 6.72. The van der Waals surface area contributed by atoms with Crippen LogP contribution in [-0.2, 0) is 4.79 Å². The van der Waals surface area contributed by atoms with E-state index in [4.69, 9.17) is 23.2 Å². The summed E-state index contributed by atoms with van der Waals surface area (Å²) >= 11 is 11.7. The lowest BCUT2D eigenvalue weighted by atomic mass is 10.3. The van der Waals surface area contributed by atoms with Crippen molar-refractivity contribution in [3.05, 3.63) is 28.2 Å². The molecule has 1 aromatic rings. The van der Waals surface area contributed by atoms with Gasteiger partial charge in [0.2, 0.25) is 5.91 Å². The molecule has 0 aliphatic heterocycles. The van der Waals surface area contributed by atoms with Crippen LogP contribution in [0.1, 0.15) is 20.3 Å². The number of carbonyl (C=O) groups is 1. The molecule has 0 aromatic heterocycles. The number of benzene rings is 1. The SMILES string of the molecule is CC(C)NC(=O)CCNc1cc(Cl)cc(Cl)c1. The normalized spacial score (nSPS) is 10.4. The van der Waals surface area contributed by atoms with E-state index in [9.17, 15) is 4.79 Å². The average Bonchev–Trinajstić information content (AvgIpc) is 2.14. The highest BCUT2D eigenvalue weighted by molar-refractivity contribution is 6.35. The molecule has 1 aromatic carbocycles. The first-order chi connectivity index (χ1) is 7.97. The van der Waals surface area contributed by atoms with Crippen molar-refractivity contribution in [1.29, 1.82) is 0 Å². The molecule has 1 rings (SSSR count). The third kappa shape index (κ3) is 5.80. The number of anilines is 1. The summed E-state index contributed by atoms with van der Waals surface area (Å²) in [7, 11) is 0. The van der Waals surface area contributed by atoms with Crippen LogP contribution >= 0.6 is 23.2 Å². The third-order valence-electron chi connectivity index (χ3n) is 1.99. The Kier molecular flexibility index (Phi) is 5.59. The van der Waals surface area contributed by atoms with Crippen molar-refractivity contribution < 1.29 is 4.79 Å². The van der Waals surface area contributed by atoms with Gasteiger partial charge in [-0.1, -0.05) is 23.2 Å². The summed E-state index contributed by atoms with van der Waals surface area (Å²) in [6, 6.07) is 5.38. The fourth-order valence-corrected chi connectivity index (χ4v) is 1.90. The fraction of sp³-hybridized carbons (Fsp3) is 0.417. The highest BCUT2D eigenvalue weighted by Gasteiger charge is 2.03. The Hall–Kier alpha value is -0.930. The van der Waals surface area contributed by atoms with E-state index in [0.717, 1.165) is 5.69 Å². The fourth-order valence-electron chi connectivity index (χ4n) is 1.37. The van der Waals surface area contributed by atoms with E-state index < -0.39 is 0 Å². The molecule has 0 unspecified atom stereocenters. The summed E-state index contributed by atoms with van der Waals surface area (Å²) in [6.45, 7) is 4.42. The van der Waals surface area contributed by atoms with E-state index in [1.54, 1.807) is 18.2 Å². The molecule has 0 aliphatic rings. The number of nitrogens with one attached hydrogen (secondary N) is 2. The average molecular weight is 275 g/mol. The number of carbonyl (C=O) groups excluding carboxylic acids is 1. The van der Waals surface area contributed by atoms with E-state index in [2.05, 4.69) is 10.6 Å². The van der Waals surface area contributed by atoms with Gasteiger partial charge in [-0.3, -0.25) is 4.79 Å². The summed E-state index contributed by atoms with van der Waals surface area (Å²) in [6.07, 6.45) is 0.419. The van der Waals surface area contributed by atoms with E-state index in [1.807, 2.05) is 13.8 Å². The van der Waals surface area contributed by atoms with Gasteiger partial charge in [-0.15, -0.1) is 0 Å². The summed E-state index contributed by atoms with van der Waals surface area (Å²) < 4.78 is 0. The number of rotatable bonds is 5. The molecule has 0 spiro atoms. The minimum Gasteiger partial charge on any atom is -0.384 e. The predicted octanol–water partition coefficient (Wildman–Crippen LogP) is 3.32. The summed E-state index contributed by atoms with van der Waals surface area (Å²) in [4.78, 5) is 11.4. The number of amides is 1. The summed E-state index contributed by atoms with van der Waals surface area (Å²) in [5.74, 6) is 0.0284. The second-order valence-electron chi connectivity index (χ2n) is 4.06. The lowest BCUT2D eigenvalue weighted by Crippen LogP contribution is -2.31. The smallest absolute Gasteiger partial charge is 0.221 e. The maximum Gasteiger partial charge on any atom is 0.221 e. The molecule has 0 heterocycles. The first kappa shape index (κ1) is 14.1. The van der Waals surface area contributed by atoms with E-state index in [-0.39, 0.29) is 11.9 Å². The van der Waals surface area contributed by atoms with Crippen LogP contribution in [0.25, 0.3) is 0 Å². The van der Waals surface area contributed by atoms with Gasteiger partial charge < -0.3 is 10.6 Å². The molecule has 0 saturated heterocycles. The van der Waals surface area contributed by atoms with Crippen molar-refractivity contribution in [2.75, 3.05) is 11.9 Å². The highest BCUT2D eigenvalue weighted by Crippen LogP contribution is 2.22. The van der Waals surface area contributed by atoms with Crippen molar-refractivity contribution >= 4 is 34.8 Å². The van der Waals surface area contributed by atoms with Gasteiger partial charge in [-0.25, -0.2) is 0 Å². The van der Waals surface area contributed by atoms with Crippen LogP contribution in [-0.4, -0.2) is 18.5 Å². The number of halogens is 2. The molecule has 0 bridgehead atoms. The molecule has 3 nitrogen and oxygen atoms in total. The molecular formula is C12H16Cl2N2O. The summed E-state index contributed by atoms with van der Waals surface area (Å²) in [5.41, 5.74) is 0.819. The largest absolute Gasteiger partial charge is 0.384 e. The van der Waals surface area contributed by atoms with Crippen LogP contribution in [0.4, 0.5) is 5.69 Å². The molecule has 0 saturated carbocycles. The molecule has 0 fully saturated rings. The van der Waals surface area contributed by atoms with Gasteiger partial charge in [-0.2, -0.15) is 0 Å². The highest BCUT2D eigenvalue weighted by atomic mass is 35.5. The van der Waals surface area contributed by atoms with E-state index >= 15 is 0 Å². The zero-order valence-corrected chi connectivity index (χ0v) is 11.4. The molecule has 17 heavy (non-hydrogen) atoms. The van der Waals surface area contributed by atoms with Crippen molar-refractivity contribution in [1.82, 2.24) is 5.32 Å². The second-order valence-corrected chi connectivity index (χ2v) is 4.93. The van der Waals surface area contributed by atoms with Crippen LogP contribution < -0.4 is 10.6 Å². The molecule has 2 N–H and O–H groups in total. The van der Waals surface area contributed by atoms with Gasteiger partial charge in [-0.05, 0) is 32.0 Å². The molecule has 1 amide bonds. The predicted molar refractivity (Wildman–Crippen MR) is 72.8 cm³/mol. The van der Waals surface area contributed by atoms with Gasteiger partial charge in [0.05, 0.1) is 0 Å². The zero-order chi connectivity index (χ0) is 12.8. The first-order valence-corrected chi connectivity index (χ1v) is 6.22. The van der Waals surface area contributed by atoms with Crippen molar-refractivity contribution in [3.63, 3.8) is 0 Å². The standard InChI is InChI=1S/C12H16Cl2N2O/c1-8(2)16-12(17)3-4-15-11-6-9(13)5-10(14)7-11/h5-8,15H,3-4H2,1-2H3,(H,16,17). The van der Waals surface area contributed by atoms with Crippen LogP contribution in [0, 0.1) is 0 Å². The lowest BCUT2D eigenvalue weighted by Gasteiger charge is -2.10. The van der Waals surface area contributed by atoms with Crippen molar-refractivity contribution in [2.24, 2.45) is 0 Å². The van der Waals surface area contributed by atoms with Crippen LogP contribution in [0.3, 0.4) is 0 Å². The minimum absolute atomic E-state index is 0.0284. The molecule has 5 heteroatoms.